The van der Waals surface area contributed by atoms with Crippen molar-refractivity contribution in [1.82, 2.24) is 4.90 Å². The Balaban J connectivity index is 1.74. The van der Waals surface area contributed by atoms with Crippen LogP contribution in [0.5, 0.6) is 0 Å². The Morgan fingerprint density at radius 1 is 1.28 bits per heavy atom. The van der Waals surface area contributed by atoms with E-state index >= 15 is 0 Å². The first kappa shape index (κ1) is 19.8. The summed E-state index contributed by atoms with van der Waals surface area (Å²) in [6.07, 6.45) is -4.04. The van der Waals surface area contributed by atoms with Crippen molar-refractivity contribution in [1.29, 1.82) is 5.26 Å². The first-order valence-electron chi connectivity index (χ1n) is 9.07. The molecule has 0 spiro atoms. The average Bonchev–Trinajstić information content (AvgIpc) is 2.99. The van der Waals surface area contributed by atoms with Gasteiger partial charge < -0.3 is 9.64 Å². The molecule has 3 aliphatic heterocycles. The molecule has 3 saturated heterocycles. The molecule has 11 heteroatoms. The zero-order valence-corrected chi connectivity index (χ0v) is 16.2. The lowest BCUT2D eigenvalue weighted by Gasteiger charge is -2.49. The van der Waals surface area contributed by atoms with Crippen molar-refractivity contribution in [2.24, 2.45) is 11.8 Å². The molecule has 1 amide bonds. The quantitative estimate of drug-likeness (QED) is 0.685. The molecular weight excluding hydrogens is 411 g/mol. The minimum atomic E-state index is -4.78. The molecule has 29 heavy (non-hydrogen) atoms. The van der Waals surface area contributed by atoms with E-state index in [0.717, 1.165) is 10.4 Å². The standard InChI is InChI=1S/C18H18F3N3O4S/c1-28-17(25)23-8-11-3-5-15(23)13-9-24(29(26,27)16(11)13)12-4-2-10(7-22)14(6-12)18(19,20)21/h2,4,6,11,13,15-16H,3,5,8-9H2,1H3/t11-,13+,15-,16-/m1/s1. The van der Waals surface area contributed by atoms with Gasteiger partial charge in [0.05, 0.1) is 35.2 Å². The smallest absolute Gasteiger partial charge is 0.417 e. The van der Waals surface area contributed by atoms with Gasteiger partial charge >= 0.3 is 12.3 Å². The first-order chi connectivity index (χ1) is 13.6. The summed E-state index contributed by atoms with van der Waals surface area (Å²) in [5.41, 5.74) is -1.84. The molecule has 7 nitrogen and oxygen atoms in total. The van der Waals surface area contributed by atoms with Crippen LogP contribution in [0.1, 0.15) is 24.0 Å². The zero-order chi connectivity index (χ0) is 21.1. The van der Waals surface area contributed by atoms with Gasteiger partial charge in [-0.1, -0.05) is 0 Å². The number of fused-ring (bicyclic) bond motifs is 2. The Morgan fingerprint density at radius 2 is 2.00 bits per heavy atom. The number of benzene rings is 1. The number of carbonyl (C=O) groups is 1. The molecule has 1 aliphatic carbocycles. The lowest BCUT2D eigenvalue weighted by atomic mass is 9.72. The van der Waals surface area contributed by atoms with E-state index in [0.29, 0.717) is 18.9 Å². The van der Waals surface area contributed by atoms with Crippen LogP contribution in [0.15, 0.2) is 18.2 Å². The maximum atomic E-state index is 13.3. The van der Waals surface area contributed by atoms with Crippen molar-refractivity contribution in [3.63, 3.8) is 0 Å². The number of ether oxygens (including phenoxy) is 1. The number of rotatable bonds is 1. The molecular formula is C18H18F3N3O4S. The number of amides is 1. The lowest BCUT2D eigenvalue weighted by Crippen LogP contribution is -2.61. The van der Waals surface area contributed by atoms with Crippen molar-refractivity contribution >= 4 is 21.8 Å². The highest BCUT2D eigenvalue weighted by Gasteiger charge is 2.60. The number of nitrogens with zero attached hydrogens (tertiary/aromatic N) is 3. The van der Waals surface area contributed by atoms with E-state index in [1.165, 1.54) is 24.1 Å². The van der Waals surface area contributed by atoms with Crippen LogP contribution in [0.2, 0.25) is 0 Å². The molecule has 0 radical (unpaired) electrons. The van der Waals surface area contributed by atoms with Crippen molar-refractivity contribution < 1.29 is 31.1 Å². The van der Waals surface area contributed by atoms with E-state index in [-0.39, 0.29) is 30.7 Å². The van der Waals surface area contributed by atoms with Gasteiger partial charge in [-0.2, -0.15) is 18.4 Å². The molecule has 1 aromatic rings. The Kier molecular flexibility index (Phi) is 4.45. The summed E-state index contributed by atoms with van der Waals surface area (Å²) >= 11 is 0. The highest BCUT2D eigenvalue weighted by Crippen LogP contribution is 2.49. The van der Waals surface area contributed by atoms with Gasteiger partial charge in [0.15, 0.2) is 0 Å². The highest BCUT2D eigenvalue weighted by molar-refractivity contribution is 7.93. The lowest BCUT2D eigenvalue weighted by molar-refractivity contribution is -0.137. The molecule has 3 heterocycles. The number of nitriles is 1. The predicted molar refractivity (Wildman–Crippen MR) is 95.3 cm³/mol. The van der Waals surface area contributed by atoms with Gasteiger partial charge in [0, 0.05) is 25.0 Å². The number of anilines is 1. The topological polar surface area (TPSA) is 90.7 Å². The van der Waals surface area contributed by atoms with Crippen LogP contribution in [-0.4, -0.2) is 50.9 Å². The summed E-state index contributed by atoms with van der Waals surface area (Å²) in [5, 5.41) is 8.22. The summed E-state index contributed by atoms with van der Waals surface area (Å²) in [5.74, 6) is -0.698. The second-order valence-electron chi connectivity index (χ2n) is 7.57. The third kappa shape index (κ3) is 2.92. The van der Waals surface area contributed by atoms with Crippen LogP contribution >= 0.6 is 0 Å². The molecule has 4 aliphatic rings. The summed E-state index contributed by atoms with van der Waals surface area (Å²) in [6.45, 7) is 0.248. The van der Waals surface area contributed by atoms with Crippen molar-refractivity contribution in [3.8, 4) is 6.07 Å². The van der Waals surface area contributed by atoms with E-state index in [4.69, 9.17) is 10.00 Å². The van der Waals surface area contributed by atoms with Gasteiger partial charge in [-0.25, -0.2) is 13.2 Å². The van der Waals surface area contributed by atoms with Gasteiger partial charge in [0.2, 0.25) is 10.0 Å². The minimum Gasteiger partial charge on any atom is -0.453 e. The van der Waals surface area contributed by atoms with Crippen LogP contribution in [0, 0.1) is 23.2 Å². The fraction of sp³-hybridized carbons (Fsp3) is 0.556. The van der Waals surface area contributed by atoms with E-state index < -0.39 is 44.6 Å². The van der Waals surface area contributed by atoms with Gasteiger partial charge in [-0.15, -0.1) is 0 Å². The van der Waals surface area contributed by atoms with E-state index in [1.807, 2.05) is 0 Å². The van der Waals surface area contributed by atoms with Crippen LogP contribution in [0.3, 0.4) is 0 Å². The van der Waals surface area contributed by atoms with Crippen LogP contribution in [0.4, 0.5) is 23.7 Å². The monoisotopic (exact) mass is 429 g/mol. The number of piperidine rings is 2. The Labute approximate surface area is 165 Å². The van der Waals surface area contributed by atoms with Crippen molar-refractivity contribution in [2.75, 3.05) is 24.5 Å². The zero-order valence-electron chi connectivity index (χ0n) is 15.4. The van der Waals surface area contributed by atoms with Gasteiger partial charge in [-0.05, 0) is 37.0 Å². The molecule has 4 atom stereocenters. The van der Waals surface area contributed by atoms with Crippen LogP contribution in [-0.2, 0) is 20.9 Å². The third-order valence-corrected chi connectivity index (χ3v) is 8.60. The molecule has 1 saturated carbocycles. The van der Waals surface area contributed by atoms with Gasteiger partial charge in [-0.3, -0.25) is 4.31 Å². The van der Waals surface area contributed by atoms with Gasteiger partial charge in [0.25, 0.3) is 0 Å². The highest BCUT2D eigenvalue weighted by atomic mass is 32.2. The second-order valence-corrected chi connectivity index (χ2v) is 9.59. The SMILES string of the molecule is COC(=O)N1C[C@H]2CC[C@@H]1[C@@H]1CN(c3ccc(C#N)c(C(F)(F)F)c3)S(=O)(=O)[C@H]21. The number of carbonyl (C=O) groups excluding carboxylic acids is 1. The largest absolute Gasteiger partial charge is 0.453 e. The molecule has 0 N–H and O–H groups in total. The molecule has 4 fully saturated rings. The van der Waals surface area contributed by atoms with E-state index in [2.05, 4.69) is 0 Å². The van der Waals surface area contributed by atoms with Crippen molar-refractivity contribution in [3.05, 3.63) is 29.3 Å². The molecule has 5 rings (SSSR count). The number of alkyl halides is 3. The summed E-state index contributed by atoms with van der Waals surface area (Å²) < 4.78 is 72.2. The molecule has 156 valence electrons. The maximum Gasteiger partial charge on any atom is 0.417 e. The minimum absolute atomic E-state index is 0.00907. The normalized spacial score (nSPS) is 30.0. The molecule has 1 aromatic carbocycles. The summed E-state index contributed by atoms with van der Waals surface area (Å²) in [6, 6.07) is 4.09. The summed E-state index contributed by atoms with van der Waals surface area (Å²) in [7, 11) is -2.65. The Bertz CT molecular complexity index is 1000. The van der Waals surface area contributed by atoms with Crippen LogP contribution in [0.25, 0.3) is 0 Å². The summed E-state index contributed by atoms with van der Waals surface area (Å²) in [4.78, 5) is 13.6. The Morgan fingerprint density at radius 3 is 2.62 bits per heavy atom. The predicted octanol–water partition coefficient (Wildman–Crippen LogP) is 2.57. The average molecular weight is 429 g/mol. The molecule has 0 aromatic heterocycles. The number of hydrogen-bond donors (Lipinski definition) is 0. The molecule has 0 unspecified atom stereocenters. The van der Waals surface area contributed by atoms with Crippen LogP contribution < -0.4 is 4.31 Å². The number of sulfonamides is 1. The Hall–Kier alpha value is -2.48. The maximum absolute atomic E-state index is 13.3. The fourth-order valence-corrected chi connectivity index (χ4v) is 7.53. The number of methoxy groups -OCH3 is 1. The van der Waals surface area contributed by atoms with Gasteiger partial charge in [0.1, 0.15) is 0 Å². The number of halogens is 3. The number of hydrogen-bond acceptors (Lipinski definition) is 5. The fourth-order valence-electron chi connectivity index (χ4n) is 5.03. The van der Waals surface area contributed by atoms with E-state index in [1.54, 1.807) is 0 Å². The second kappa shape index (κ2) is 6.52. The molecule has 2 bridgehead atoms. The van der Waals surface area contributed by atoms with Crippen molar-refractivity contribution in [2.45, 2.75) is 30.3 Å². The first-order valence-corrected chi connectivity index (χ1v) is 10.6. The third-order valence-electron chi connectivity index (χ3n) is 6.20. The van der Waals surface area contributed by atoms with E-state index in [9.17, 15) is 26.4 Å².